The Labute approximate surface area is 90.7 Å². The van der Waals surface area contributed by atoms with Crippen molar-refractivity contribution >= 4 is 0 Å². The van der Waals surface area contributed by atoms with E-state index in [2.05, 4.69) is 27.1 Å². The Bertz CT molecular complexity index is 288. The number of rotatable bonds is 3. The molecule has 4 nitrogen and oxygen atoms in total. The summed E-state index contributed by atoms with van der Waals surface area (Å²) in [7, 11) is 0. The highest BCUT2D eigenvalue weighted by Crippen LogP contribution is 2.09. The molecule has 1 aromatic rings. The normalized spacial score (nSPS) is 22.9. The third-order valence-corrected chi connectivity index (χ3v) is 2.91. The van der Waals surface area contributed by atoms with Gasteiger partial charge in [-0.15, -0.1) is 0 Å². The fraction of sp³-hybridized carbons (Fsp3) is 0.636. The van der Waals surface area contributed by atoms with E-state index < -0.39 is 0 Å². The van der Waals surface area contributed by atoms with Gasteiger partial charge in [0.25, 0.3) is 0 Å². The molecule has 1 aromatic heterocycles. The van der Waals surface area contributed by atoms with E-state index in [1.807, 2.05) is 18.5 Å². The van der Waals surface area contributed by atoms with Crippen LogP contribution in [0.3, 0.4) is 0 Å². The van der Waals surface area contributed by atoms with Gasteiger partial charge in [0, 0.05) is 38.1 Å². The summed E-state index contributed by atoms with van der Waals surface area (Å²) in [6.45, 7) is 6.36. The molecule has 0 spiro atoms. The lowest BCUT2D eigenvalue weighted by Crippen LogP contribution is -2.50. The molecule has 2 rings (SSSR count). The molecular formula is C11H18N4. The Morgan fingerprint density at radius 2 is 2.27 bits per heavy atom. The van der Waals surface area contributed by atoms with Gasteiger partial charge in [0.2, 0.25) is 0 Å². The summed E-state index contributed by atoms with van der Waals surface area (Å²) < 4.78 is 0. The monoisotopic (exact) mass is 206 g/mol. The van der Waals surface area contributed by atoms with Gasteiger partial charge in [0.05, 0.1) is 6.54 Å². The summed E-state index contributed by atoms with van der Waals surface area (Å²) in [5, 5.41) is 3.42. The maximum atomic E-state index is 4.27. The van der Waals surface area contributed by atoms with Crippen LogP contribution in [0.4, 0.5) is 0 Å². The van der Waals surface area contributed by atoms with Gasteiger partial charge in [-0.25, -0.2) is 9.97 Å². The van der Waals surface area contributed by atoms with Gasteiger partial charge in [-0.1, -0.05) is 6.92 Å². The second-order valence-electron chi connectivity index (χ2n) is 3.90. The first-order valence-electron chi connectivity index (χ1n) is 5.61. The summed E-state index contributed by atoms with van der Waals surface area (Å²) in [4.78, 5) is 11.0. The molecule has 1 atom stereocenters. The van der Waals surface area contributed by atoms with Gasteiger partial charge in [0.15, 0.2) is 0 Å². The van der Waals surface area contributed by atoms with Crippen molar-refractivity contribution in [3.63, 3.8) is 0 Å². The van der Waals surface area contributed by atoms with Crippen molar-refractivity contribution in [2.75, 3.05) is 19.6 Å². The van der Waals surface area contributed by atoms with Crippen molar-refractivity contribution in [2.24, 2.45) is 0 Å². The van der Waals surface area contributed by atoms with Crippen LogP contribution < -0.4 is 5.32 Å². The van der Waals surface area contributed by atoms with Crippen molar-refractivity contribution in [3.05, 3.63) is 24.3 Å². The molecular weight excluding hydrogens is 188 g/mol. The SMILES string of the molecule is CCC1CNCCN1Cc1ncccn1. The highest BCUT2D eigenvalue weighted by Gasteiger charge is 2.20. The molecule has 0 amide bonds. The number of hydrogen-bond acceptors (Lipinski definition) is 4. The predicted molar refractivity (Wildman–Crippen MR) is 59.4 cm³/mol. The van der Waals surface area contributed by atoms with Crippen LogP contribution in [0, 0.1) is 0 Å². The summed E-state index contributed by atoms with van der Waals surface area (Å²) in [6, 6.07) is 2.49. The minimum Gasteiger partial charge on any atom is -0.314 e. The molecule has 0 saturated carbocycles. The lowest BCUT2D eigenvalue weighted by Gasteiger charge is -2.35. The molecule has 15 heavy (non-hydrogen) atoms. The number of nitrogens with one attached hydrogen (secondary N) is 1. The Kier molecular flexibility index (Phi) is 3.64. The zero-order valence-corrected chi connectivity index (χ0v) is 9.19. The van der Waals surface area contributed by atoms with E-state index in [1.54, 1.807) is 0 Å². The van der Waals surface area contributed by atoms with E-state index in [0.717, 1.165) is 32.0 Å². The maximum Gasteiger partial charge on any atom is 0.142 e. The third-order valence-electron chi connectivity index (χ3n) is 2.91. The molecule has 1 unspecified atom stereocenters. The van der Waals surface area contributed by atoms with E-state index in [4.69, 9.17) is 0 Å². The van der Waals surface area contributed by atoms with Crippen LogP contribution >= 0.6 is 0 Å². The highest BCUT2D eigenvalue weighted by molar-refractivity contribution is 4.90. The van der Waals surface area contributed by atoms with Crippen molar-refractivity contribution in [1.82, 2.24) is 20.2 Å². The van der Waals surface area contributed by atoms with Gasteiger partial charge in [-0.2, -0.15) is 0 Å². The molecule has 2 heterocycles. The fourth-order valence-electron chi connectivity index (χ4n) is 2.01. The predicted octanol–water partition coefficient (Wildman–Crippen LogP) is 0.660. The first-order chi connectivity index (χ1) is 7.40. The second-order valence-corrected chi connectivity index (χ2v) is 3.90. The molecule has 0 radical (unpaired) electrons. The topological polar surface area (TPSA) is 41.0 Å². The molecule has 1 N–H and O–H groups in total. The Morgan fingerprint density at radius 3 is 3.00 bits per heavy atom. The minimum atomic E-state index is 0.627. The molecule has 0 bridgehead atoms. The molecule has 0 aromatic carbocycles. The molecule has 0 aliphatic carbocycles. The average Bonchev–Trinajstić information content (AvgIpc) is 2.31. The van der Waals surface area contributed by atoms with E-state index in [0.29, 0.717) is 6.04 Å². The lowest BCUT2D eigenvalue weighted by atomic mass is 10.1. The largest absolute Gasteiger partial charge is 0.314 e. The number of nitrogens with zero attached hydrogens (tertiary/aromatic N) is 3. The van der Waals surface area contributed by atoms with E-state index in [9.17, 15) is 0 Å². The second kappa shape index (κ2) is 5.19. The molecule has 1 saturated heterocycles. The number of hydrogen-bond donors (Lipinski definition) is 1. The Balaban J connectivity index is 1.97. The fourth-order valence-corrected chi connectivity index (χ4v) is 2.01. The zero-order chi connectivity index (χ0) is 10.5. The molecule has 82 valence electrons. The summed E-state index contributed by atoms with van der Waals surface area (Å²) in [5.74, 6) is 0.929. The highest BCUT2D eigenvalue weighted by atomic mass is 15.2. The lowest BCUT2D eigenvalue weighted by molar-refractivity contribution is 0.145. The zero-order valence-electron chi connectivity index (χ0n) is 9.19. The molecule has 4 heteroatoms. The van der Waals surface area contributed by atoms with Crippen LogP contribution in [-0.2, 0) is 6.54 Å². The van der Waals surface area contributed by atoms with Crippen LogP contribution in [0.1, 0.15) is 19.2 Å². The van der Waals surface area contributed by atoms with Gasteiger partial charge in [-0.3, -0.25) is 4.90 Å². The smallest absolute Gasteiger partial charge is 0.142 e. The first kappa shape index (κ1) is 10.5. The van der Waals surface area contributed by atoms with Crippen molar-refractivity contribution in [2.45, 2.75) is 25.9 Å². The summed E-state index contributed by atoms with van der Waals surface area (Å²) in [6.07, 6.45) is 4.80. The molecule has 1 aliphatic heterocycles. The Morgan fingerprint density at radius 1 is 1.47 bits per heavy atom. The van der Waals surface area contributed by atoms with Crippen LogP contribution in [0.2, 0.25) is 0 Å². The molecule has 1 aliphatic rings. The van der Waals surface area contributed by atoms with Gasteiger partial charge < -0.3 is 5.32 Å². The maximum absolute atomic E-state index is 4.27. The van der Waals surface area contributed by atoms with Crippen LogP contribution in [0.5, 0.6) is 0 Å². The quantitative estimate of drug-likeness (QED) is 0.789. The number of aromatic nitrogens is 2. The van der Waals surface area contributed by atoms with Crippen molar-refractivity contribution < 1.29 is 0 Å². The van der Waals surface area contributed by atoms with Crippen LogP contribution in [0.15, 0.2) is 18.5 Å². The van der Waals surface area contributed by atoms with Crippen LogP contribution in [-0.4, -0.2) is 40.5 Å². The standard InChI is InChI=1S/C11H18N4/c1-2-10-8-12-6-7-15(10)9-11-13-4-3-5-14-11/h3-5,10,12H,2,6-9H2,1H3. The average molecular weight is 206 g/mol. The number of piperazine rings is 1. The third kappa shape index (κ3) is 2.73. The van der Waals surface area contributed by atoms with E-state index >= 15 is 0 Å². The van der Waals surface area contributed by atoms with E-state index in [-0.39, 0.29) is 0 Å². The van der Waals surface area contributed by atoms with Gasteiger partial charge in [-0.05, 0) is 12.5 Å². The van der Waals surface area contributed by atoms with Crippen LogP contribution in [0.25, 0.3) is 0 Å². The Hall–Kier alpha value is -1.00. The molecule has 1 fully saturated rings. The van der Waals surface area contributed by atoms with E-state index in [1.165, 1.54) is 6.42 Å². The summed E-state index contributed by atoms with van der Waals surface area (Å²) in [5.41, 5.74) is 0. The van der Waals surface area contributed by atoms with Crippen molar-refractivity contribution in [1.29, 1.82) is 0 Å². The van der Waals surface area contributed by atoms with Gasteiger partial charge >= 0.3 is 0 Å². The van der Waals surface area contributed by atoms with Gasteiger partial charge in [0.1, 0.15) is 5.82 Å². The summed E-state index contributed by atoms with van der Waals surface area (Å²) >= 11 is 0. The first-order valence-corrected chi connectivity index (χ1v) is 5.61. The minimum absolute atomic E-state index is 0.627. The van der Waals surface area contributed by atoms with Crippen molar-refractivity contribution in [3.8, 4) is 0 Å².